The van der Waals surface area contributed by atoms with Gasteiger partial charge in [-0.3, -0.25) is 0 Å². The lowest BCUT2D eigenvalue weighted by atomic mass is 10.2. The number of anilines is 1. The number of nitrogens with zero attached hydrogens (tertiary/aromatic N) is 2. The summed E-state index contributed by atoms with van der Waals surface area (Å²) in [6, 6.07) is 19.2. The zero-order valence-electron chi connectivity index (χ0n) is 17.7. The first kappa shape index (κ1) is 21.2. The Bertz CT molecular complexity index is 1180. The largest absolute Gasteiger partial charge is 0.493 e. The summed E-state index contributed by atoms with van der Waals surface area (Å²) in [5.41, 5.74) is 2.49. The molecule has 0 saturated carbocycles. The lowest BCUT2D eigenvalue weighted by molar-refractivity contribution is 0.306. The SMILES string of the molecule is COc1ccc(-c2noc(CNc3cccc(OCc4ccc(F)cc4)c3)n2)cc1OC. The third-order valence-corrected chi connectivity index (χ3v) is 4.71. The number of halogens is 1. The van der Waals surface area contributed by atoms with Crippen molar-refractivity contribution in [2.75, 3.05) is 19.5 Å². The van der Waals surface area contributed by atoms with Gasteiger partial charge in [0.05, 0.1) is 20.8 Å². The van der Waals surface area contributed by atoms with E-state index in [4.69, 9.17) is 18.7 Å². The first-order valence-electron chi connectivity index (χ1n) is 9.91. The van der Waals surface area contributed by atoms with Gasteiger partial charge in [-0.05, 0) is 48.0 Å². The molecule has 8 heteroatoms. The van der Waals surface area contributed by atoms with E-state index < -0.39 is 0 Å². The van der Waals surface area contributed by atoms with Gasteiger partial charge in [0.15, 0.2) is 11.5 Å². The molecule has 0 aliphatic carbocycles. The van der Waals surface area contributed by atoms with E-state index in [0.717, 1.165) is 16.8 Å². The van der Waals surface area contributed by atoms with E-state index in [1.165, 1.54) is 12.1 Å². The molecule has 0 fully saturated rings. The van der Waals surface area contributed by atoms with Crippen LogP contribution in [0.4, 0.5) is 10.1 Å². The first-order valence-corrected chi connectivity index (χ1v) is 9.91. The fraction of sp³-hybridized carbons (Fsp3) is 0.167. The molecule has 0 amide bonds. The van der Waals surface area contributed by atoms with Crippen LogP contribution in [0.25, 0.3) is 11.4 Å². The Morgan fingerprint density at radius 3 is 2.53 bits per heavy atom. The highest BCUT2D eigenvalue weighted by Crippen LogP contribution is 2.31. The molecule has 0 radical (unpaired) electrons. The van der Waals surface area contributed by atoms with Crippen molar-refractivity contribution >= 4 is 5.69 Å². The number of nitrogens with one attached hydrogen (secondary N) is 1. The van der Waals surface area contributed by atoms with Gasteiger partial charge >= 0.3 is 0 Å². The maximum atomic E-state index is 13.0. The van der Waals surface area contributed by atoms with Crippen LogP contribution in [0.15, 0.2) is 71.3 Å². The fourth-order valence-electron chi connectivity index (χ4n) is 3.04. The van der Waals surface area contributed by atoms with E-state index >= 15 is 0 Å². The smallest absolute Gasteiger partial charge is 0.246 e. The molecule has 164 valence electrons. The van der Waals surface area contributed by atoms with Gasteiger partial charge < -0.3 is 24.1 Å². The molecule has 4 aromatic rings. The number of aromatic nitrogens is 2. The Morgan fingerprint density at radius 1 is 0.938 bits per heavy atom. The minimum atomic E-state index is -0.268. The maximum absolute atomic E-state index is 13.0. The Morgan fingerprint density at radius 2 is 1.75 bits per heavy atom. The zero-order valence-corrected chi connectivity index (χ0v) is 17.7. The summed E-state index contributed by atoms with van der Waals surface area (Å²) >= 11 is 0. The number of hydrogen-bond acceptors (Lipinski definition) is 7. The Hall–Kier alpha value is -4.07. The van der Waals surface area contributed by atoms with Crippen LogP contribution >= 0.6 is 0 Å². The van der Waals surface area contributed by atoms with Crippen molar-refractivity contribution in [3.8, 4) is 28.6 Å². The summed E-state index contributed by atoms with van der Waals surface area (Å²) in [6.07, 6.45) is 0. The third-order valence-electron chi connectivity index (χ3n) is 4.71. The van der Waals surface area contributed by atoms with Crippen molar-refractivity contribution in [2.24, 2.45) is 0 Å². The minimum Gasteiger partial charge on any atom is -0.493 e. The van der Waals surface area contributed by atoms with Gasteiger partial charge in [0.25, 0.3) is 0 Å². The van der Waals surface area contributed by atoms with Crippen molar-refractivity contribution in [2.45, 2.75) is 13.2 Å². The standard InChI is InChI=1S/C24H22FN3O4/c1-29-21-11-8-17(12-22(21)30-2)24-27-23(32-28-24)14-26-19-4-3-5-20(13-19)31-15-16-6-9-18(25)10-7-16/h3-13,26H,14-15H2,1-2H3. The highest BCUT2D eigenvalue weighted by atomic mass is 19.1. The Balaban J connectivity index is 1.37. The Labute approximate surface area is 184 Å². The van der Waals surface area contributed by atoms with Crippen LogP contribution in [0.5, 0.6) is 17.2 Å². The third kappa shape index (κ3) is 5.15. The highest BCUT2D eigenvalue weighted by molar-refractivity contribution is 5.60. The molecule has 32 heavy (non-hydrogen) atoms. The molecule has 0 spiro atoms. The molecule has 0 aliphatic rings. The molecule has 4 rings (SSSR count). The predicted octanol–water partition coefficient (Wildman–Crippen LogP) is 5.08. The van der Waals surface area contributed by atoms with E-state index in [-0.39, 0.29) is 5.82 Å². The summed E-state index contributed by atoms with van der Waals surface area (Å²) in [7, 11) is 3.16. The van der Waals surface area contributed by atoms with Crippen LogP contribution in [-0.4, -0.2) is 24.4 Å². The quantitative estimate of drug-likeness (QED) is 0.393. The van der Waals surface area contributed by atoms with Crippen LogP contribution in [0, 0.1) is 5.82 Å². The van der Waals surface area contributed by atoms with Gasteiger partial charge in [0.1, 0.15) is 18.2 Å². The number of ether oxygens (including phenoxy) is 3. The van der Waals surface area contributed by atoms with Crippen LogP contribution in [0.1, 0.15) is 11.5 Å². The molecular formula is C24H22FN3O4. The molecule has 7 nitrogen and oxygen atoms in total. The fourth-order valence-corrected chi connectivity index (χ4v) is 3.04. The van der Waals surface area contributed by atoms with Gasteiger partial charge in [0, 0.05) is 17.3 Å². The normalized spacial score (nSPS) is 10.6. The number of benzene rings is 3. The molecule has 1 heterocycles. The maximum Gasteiger partial charge on any atom is 0.246 e. The van der Waals surface area contributed by atoms with Crippen LogP contribution < -0.4 is 19.5 Å². The van der Waals surface area contributed by atoms with Crippen molar-refractivity contribution in [1.82, 2.24) is 10.1 Å². The number of hydrogen-bond donors (Lipinski definition) is 1. The van der Waals surface area contributed by atoms with Crippen LogP contribution in [0.3, 0.4) is 0 Å². The molecular weight excluding hydrogens is 413 g/mol. The predicted molar refractivity (Wildman–Crippen MR) is 117 cm³/mol. The average molecular weight is 435 g/mol. The van der Waals surface area contributed by atoms with Gasteiger partial charge in [-0.1, -0.05) is 23.4 Å². The molecule has 0 atom stereocenters. The number of rotatable bonds is 9. The second-order valence-electron chi connectivity index (χ2n) is 6.88. The molecule has 3 aromatic carbocycles. The summed E-state index contributed by atoms with van der Waals surface area (Å²) in [5, 5.41) is 7.28. The first-order chi connectivity index (χ1) is 15.6. The zero-order chi connectivity index (χ0) is 22.3. The Kier molecular flexibility index (Phi) is 6.50. The minimum absolute atomic E-state index is 0.268. The van der Waals surface area contributed by atoms with Gasteiger partial charge in [-0.15, -0.1) is 0 Å². The summed E-state index contributed by atoms with van der Waals surface area (Å²) in [5.74, 6) is 2.53. The molecule has 0 aliphatic heterocycles. The van der Waals surface area contributed by atoms with Gasteiger partial charge in [0.2, 0.25) is 11.7 Å². The average Bonchev–Trinajstić information content (AvgIpc) is 3.31. The molecule has 1 aromatic heterocycles. The van der Waals surface area contributed by atoms with Crippen LogP contribution in [0.2, 0.25) is 0 Å². The van der Waals surface area contributed by atoms with Gasteiger partial charge in [-0.2, -0.15) is 4.98 Å². The second-order valence-corrected chi connectivity index (χ2v) is 6.88. The van der Waals surface area contributed by atoms with Crippen molar-refractivity contribution < 1.29 is 23.1 Å². The molecule has 0 saturated heterocycles. The van der Waals surface area contributed by atoms with Crippen molar-refractivity contribution in [3.63, 3.8) is 0 Å². The summed E-state index contributed by atoms with van der Waals surface area (Å²) in [4.78, 5) is 4.43. The van der Waals surface area contributed by atoms with Crippen molar-refractivity contribution in [1.29, 1.82) is 0 Å². The lowest BCUT2D eigenvalue weighted by Gasteiger charge is -2.09. The summed E-state index contributed by atoms with van der Waals surface area (Å²) < 4.78 is 34.7. The van der Waals surface area contributed by atoms with E-state index in [2.05, 4.69) is 15.5 Å². The van der Waals surface area contributed by atoms with E-state index in [9.17, 15) is 4.39 Å². The molecule has 1 N–H and O–H groups in total. The monoisotopic (exact) mass is 435 g/mol. The van der Waals surface area contributed by atoms with Crippen molar-refractivity contribution in [3.05, 3.63) is 84.0 Å². The van der Waals surface area contributed by atoms with E-state index in [1.807, 2.05) is 30.3 Å². The highest BCUT2D eigenvalue weighted by Gasteiger charge is 2.12. The second kappa shape index (κ2) is 9.82. The number of methoxy groups -OCH3 is 2. The summed E-state index contributed by atoms with van der Waals surface area (Å²) in [6.45, 7) is 0.698. The van der Waals surface area contributed by atoms with Gasteiger partial charge in [-0.25, -0.2) is 4.39 Å². The van der Waals surface area contributed by atoms with E-state index in [0.29, 0.717) is 42.1 Å². The lowest BCUT2D eigenvalue weighted by Crippen LogP contribution is -2.01. The molecule has 0 bridgehead atoms. The topological polar surface area (TPSA) is 78.6 Å². The van der Waals surface area contributed by atoms with Crippen LogP contribution in [-0.2, 0) is 13.2 Å². The van der Waals surface area contributed by atoms with E-state index in [1.54, 1.807) is 38.5 Å². The molecule has 0 unspecified atom stereocenters.